The minimum atomic E-state index is -4.85. The molecule has 0 unspecified atom stereocenters. The van der Waals surface area contributed by atoms with E-state index in [9.17, 15) is 19.6 Å². The fourth-order valence-corrected chi connectivity index (χ4v) is 4.88. The average Bonchev–Trinajstić information content (AvgIpc) is 3.09. The fourth-order valence-electron chi connectivity index (χ4n) is 4.02. The minimum Gasteiger partial charge on any atom is -0.387 e. The maximum Gasteiger partial charge on any atom is 0.469 e. The first-order chi connectivity index (χ1) is 16.9. The molecule has 1 saturated heterocycles. The molecule has 1 aliphatic heterocycles. The molecule has 2 aromatic carbocycles. The van der Waals surface area contributed by atoms with E-state index in [4.69, 9.17) is 49.9 Å². The average molecular weight is 575 g/mol. The van der Waals surface area contributed by atoms with Gasteiger partial charge in [0.25, 0.3) is 0 Å². The van der Waals surface area contributed by atoms with Gasteiger partial charge in [-0.2, -0.15) is 0 Å². The highest BCUT2D eigenvalue weighted by molar-refractivity contribution is 7.71. The smallest absolute Gasteiger partial charge is 0.387 e. The molecule has 192 valence electrons. The molecule has 5 N–H and O–H groups in total. The normalized spacial score (nSPS) is 22.3. The summed E-state index contributed by atoms with van der Waals surface area (Å²) in [6.07, 6.45) is -4.46. The lowest BCUT2D eigenvalue weighted by molar-refractivity contribution is -0.0543. The number of H-pyrrole nitrogens is 1. The SMILES string of the molecule is O=c1[nH]c(=S)c(C(c2ccc(Cl)cc2)c2ccc(Cl)cc2)cn1[C@@H]1O[C@H](COP(=O)(O)O)[C@@H](O)[C@H]1O. The van der Waals surface area contributed by atoms with E-state index in [0.717, 1.165) is 15.7 Å². The Hall–Kier alpha value is -1.89. The lowest BCUT2D eigenvalue weighted by atomic mass is 9.86. The van der Waals surface area contributed by atoms with Crippen molar-refractivity contribution in [1.82, 2.24) is 9.55 Å². The van der Waals surface area contributed by atoms with Crippen LogP contribution < -0.4 is 5.69 Å². The van der Waals surface area contributed by atoms with Gasteiger partial charge in [0.1, 0.15) is 23.0 Å². The Bertz CT molecular complexity index is 1350. The zero-order valence-electron chi connectivity index (χ0n) is 18.3. The molecule has 10 nitrogen and oxygen atoms in total. The van der Waals surface area contributed by atoms with Crippen LogP contribution in [0.5, 0.6) is 0 Å². The molecule has 36 heavy (non-hydrogen) atoms. The van der Waals surface area contributed by atoms with Crippen molar-refractivity contribution in [2.45, 2.75) is 30.5 Å². The molecule has 0 aliphatic carbocycles. The van der Waals surface area contributed by atoms with Crippen LogP contribution in [0.1, 0.15) is 28.8 Å². The number of rotatable bonds is 7. The molecule has 0 amide bonds. The van der Waals surface area contributed by atoms with E-state index in [0.29, 0.717) is 15.6 Å². The van der Waals surface area contributed by atoms with Crippen molar-refractivity contribution >= 4 is 43.2 Å². The molecule has 0 radical (unpaired) electrons. The molecule has 0 bridgehead atoms. The number of hydrogen-bond donors (Lipinski definition) is 5. The number of phosphoric ester groups is 1. The number of halogens is 2. The van der Waals surface area contributed by atoms with Gasteiger partial charge >= 0.3 is 13.5 Å². The van der Waals surface area contributed by atoms with Crippen LogP contribution in [0.2, 0.25) is 10.0 Å². The molecular formula is C22H21Cl2N2O8PS. The number of benzene rings is 2. The molecule has 0 saturated carbocycles. The minimum absolute atomic E-state index is 0.139. The van der Waals surface area contributed by atoms with Crippen molar-refractivity contribution in [3.8, 4) is 0 Å². The van der Waals surface area contributed by atoms with Crippen LogP contribution in [0.15, 0.2) is 59.5 Å². The first kappa shape index (κ1) is 27.2. The van der Waals surface area contributed by atoms with E-state index in [2.05, 4.69) is 9.51 Å². The quantitative estimate of drug-likeness (QED) is 0.211. The van der Waals surface area contributed by atoms with Crippen LogP contribution in [0, 0.1) is 4.64 Å². The number of aliphatic hydroxyl groups excluding tert-OH is 2. The maximum absolute atomic E-state index is 12.8. The van der Waals surface area contributed by atoms with Gasteiger partial charge in [-0.05, 0) is 35.4 Å². The molecule has 4 atom stereocenters. The van der Waals surface area contributed by atoms with Crippen molar-refractivity contribution < 1.29 is 33.8 Å². The number of hydrogen-bond acceptors (Lipinski definition) is 7. The molecule has 4 rings (SSSR count). The van der Waals surface area contributed by atoms with E-state index in [1.54, 1.807) is 24.3 Å². The highest BCUT2D eigenvalue weighted by atomic mass is 35.5. The van der Waals surface area contributed by atoms with Gasteiger partial charge in [0.15, 0.2) is 6.23 Å². The molecule has 14 heteroatoms. The monoisotopic (exact) mass is 574 g/mol. The second-order valence-corrected chi connectivity index (χ2v) is 10.6. The van der Waals surface area contributed by atoms with Crippen molar-refractivity contribution in [2.75, 3.05) is 6.61 Å². The van der Waals surface area contributed by atoms with Crippen LogP contribution in [0.25, 0.3) is 0 Å². The van der Waals surface area contributed by atoms with Gasteiger partial charge in [0.05, 0.1) is 6.61 Å². The summed E-state index contributed by atoms with van der Waals surface area (Å²) < 4.78 is 22.2. The van der Waals surface area contributed by atoms with Crippen LogP contribution in [0.4, 0.5) is 0 Å². The lowest BCUT2D eigenvalue weighted by Gasteiger charge is -2.23. The number of nitrogens with zero attached hydrogens (tertiary/aromatic N) is 1. The van der Waals surface area contributed by atoms with Gasteiger partial charge in [0, 0.05) is 27.7 Å². The van der Waals surface area contributed by atoms with Gasteiger partial charge < -0.3 is 24.7 Å². The maximum atomic E-state index is 12.8. The van der Waals surface area contributed by atoms with E-state index in [1.165, 1.54) is 6.20 Å². The van der Waals surface area contributed by atoms with Crippen molar-refractivity contribution in [2.24, 2.45) is 0 Å². The zero-order chi connectivity index (χ0) is 26.2. The number of aromatic amines is 1. The molecule has 1 aromatic heterocycles. The summed E-state index contributed by atoms with van der Waals surface area (Å²) >= 11 is 17.6. The molecule has 1 aliphatic rings. The Kier molecular flexibility index (Phi) is 8.18. The fraction of sp³-hybridized carbons (Fsp3) is 0.273. The number of phosphoric acid groups is 1. The third-order valence-corrected chi connectivity index (χ3v) is 7.06. The van der Waals surface area contributed by atoms with Crippen molar-refractivity contribution in [3.63, 3.8) is 0 Å². The lowest BCUT2D eigenvalue weighted by Crippen LogP contribution is -2.36. The van der Waals surface area contributed by atoms with Crippen LogP contribution in [-0.4, -0.2) is 54.5 Å². The van der Waals surface area contributed by atoms with Crippen LogP contribution >= 0.6 is 43.2 Å². The Morgan fingerprint density at radius 2 is 1.56 bits per heavy atom. The highest BCUT2D eigenvalue weighted by Gasteiger charge is 2.45. The van der Waals surface area contributed by atoms with E-state index in [-0.39, 0.29) is 4.64 Å². The number of aliphatic hydroxyl groups is 2. The summed E-state index contributed by atoms with van der Waals surface area (Å²) in [6.45, 7) is -0.707. The van der Waals surface area contributed by atoms with Gasteiger partial charge in [0.2, 0.25) is 0 Å². The van der Waals surface area contributed by atoms with Crippen LogP contribution in [-0.2, 0) is 13.8 Å². The predicted molar refractivity (Wildman–Crippen MR) is 134 cm³/mol. The summed E-state index contributed by atoms with van der Waals surface area (Å²) in [5.74, 6) is -0.479. The summed E-state index contributed by atoms with van der Waals surface area (Å²) in [5, 5.41) is 22.0. The Morgan fingerprint density at radius 3 is 2.06 bits per heavy atom. The molecule has 2 heterocycles. The molecular weight excluding hydrogens is 554 g/mol. The second kappa shape index (κ2) is 10.8. The largest absolute Gasteiger partial charge is 0.469 e. The van der Waals surface area contributed by atoms with Crippen molar-refractivity contribution in [1.29, 1.82) is 0 Å². The Morgan fingerprint density at radius 1 is 1.03 bits per heavy atom. The first-order valence-electron chi connectivity index (χ1n) is 10.5. The number of ether oxygens (including phenoxy) is 1. The van der Waals surface area contributed by atoms with E-state index in [1.807, 2.05) is 24.3 Å². The van der Waals surface area contributed by atoms with Crippen molar-refractivity contribution in [3.05, 3.63) is 96.6 Å². The zero-order valence-corrected chi connectivity index (χ0v) is 21.5. The van der Waals surface area contributed by atoms with Gasteiger partial charge in [-0.1, -0.05) is 59.7 Å². The Balaban J connectivity index is 1.78. The summed E-state index contributed by atoms with van der Waals surface area (Å²) in [5.41, 5.74) is 1.36. The van der Waals surface area contributed by atoms with Crippen LogP contribution in [0.3, 0.4) is 0 Å². The predicted octanol–water partition coefficient (Wildman–Crippen LogP) is 3.12. The highest BCUT2D eigenvalue weighted by Crippen LogP contribution is 2.39. The van der Waals surface area contributed by atoms with Gasteiger partial charge in [-0.25, -0.2) is 9.36 Å². The third kappa shape index (κ3) is 5.98. The Labute approximate surface area is 219 Å². The number of aromatic nitrogens is 2. The summed E-state index contributed by atoms with van der Waals surface area (Å²) in [4.78, 5) is 33.3. The molecule has 3 aromatic rings. The summed E-state index contributed by atoms with van der Waals surface area (Å²) in [7, 11) is -4.85. The van der Waals surface area contributed by atoms with Gasteiger partial charge in [-0.3, -0.25) is 14.1 Å². The standard InChI is InChI=1S/C22H21Cl2N2O8PS/c23-13-5-1-11(2-6-13)17(12-3-7-14(24)8-4-12)15-9-26(22(29)25-20(15)36)21-19(28)18(27)16(34-21)10-33-35(30,31)32/h1-9,16-19,21,27-28H,10H2,(H,25,29,36)(H2,30,31,32)/t16-,18-,19-,21-/m1/s1. The topological polar surface area (TPSA) is 154 Å². The summed E-state index contributed by atoms with van der Waals surface area (Å²) in [6, 6.07) is 14.1. The molecule has 0 spiro atoms. The number of nitrogens with one attached hydrogen (secondary N) is 1. The van der Waals surface area contributed by atoms with E-state index >= 15 is 0 Å². The molecule has 1 fully saturated rings. The third-order valence-electron chi connectivity index (χ3n) is 5.73. The van der Waals surface area contributed by atoms with Gasteiger partial charge in [-0.15, -0.1) is 0 Å². The first-order valence-corrected chi connectivity index (χ1v) is 13.2. The van der Waals surface area contributed by atoms with E-state index < -0.39 is 50.6 Å². The second-order valence-electron chi connectivity index (χ2n) is 8.12.